The molecule has 18 heteroatoms. The first-order valence-electron chi connectivity index (χ1n) is 24.2. The van der Waals surface area contributed by atoms with E-state index in [4.69, 9.17) is 66.1 Å². The van der Waals surface area contributed by atoms with Crippen molar-refractivity contribution in [3.8, 4) is 62.9 Å². The summed E-state index contributed by atoms with van der Waals surface area (Å²) < 4.78 is 51.5. The topological polar surface area (TPSA) is 163 Å². The van der Waals surface area contributed by atoms with E-state index in [-0.39, 0.29) is 47.9 Å². The summed E-state index contributed by atoms with van der Waals surface area (Å²) in [5.74, 6) is 2.14. The molecule has 0 saturated carbocycles. The highest BCUT2D eigenvalue weighted by atomic mass is 79.9. The Kier molecular flexibility index (Phi) is 15.8. The van der Waals surface area contributed by atoms with Crippen molar-refractivity contribution in [2.45, 2.75) is 44.7 Å². The van der Waals surface area contributed by atoms with E-state index in [2.05, 4.69) is 30.9 Å². The van der Waals surface area contributed by atoms with E-state index < -0.39 is 23.8 Å². The maximum atomic E-state index is 13.4. The number of aliphatic carboxylic acids is 1. The van der Waals surface area contributed by atoms with E-state index in [1.165, 1.54) is 17.7 Å². The summed E-state index contributed by atoms with van der Waals surface area (Å²) in [4.78, 5) is 32.3. The Morgan fingerprint density at radius 2 is 1.43 bits per heavy atom. The third-order valence-electron chi connectivity index (χ3n) is 13.3. The van der Waals surface area contributed by atoms with Gasteiger partial charge in [0.05, 0.1) is 58.4 Å². The Hall–Kier alpha value is -7.47. The quantitative estimate of drug-likeness (QED) is 0.102. The van der Waals surface area contributed by atoms with Crippen LogP contribution in [0.25, 0.3) is 32.7 Å². The molecule has 2 aliphatic heterocycles. The molecule has 0 unspecified atom stereocenters. The van der Waals surface area contributed by atoms with Crippen LogP contribution >= 0.6 is 50.5 Å². The summed E-state index contributed by atoms with van der Waals surface area (Å²) in [7, 11) is 4.83. The molecule has 9 aromatic rings. The number of hydrogen-bond acceptors (Lipinski definition) is 14. The van der Waals surface area contributed by atoms with Crippen LogP contribution in [-0.4, -0.2) is 77.8 Å². The smallest absolute Gasteiger partial charge is 0.345 e. The Morgan fingerprint density at radius 1 is 0.766 bits per heavy atom. The van der Waals surface area contributed by atoms with E-state index in [9.17, 15) is 9.90 Å². The van der Waals surface area contributed by atoms with Crippen molar-refractivity contribution in [1.29, 1.82) is 0 Å². The number of carbonyl (C=O) groups is 1. The van der Waals surface area contributed by atoms with Crippen molar-refractivity contribution >= 4 is 66.7 Å². The number of fused-ring (bicyclic) bond motifs is 7. The minimum absolute atomic E-state index is 0.00550. The number of aromatic nitrogens is 4. The first-order valence-corrected chi connectivity index (χ1v) is 26.6. The molecule has 14 nitrogen and oxygen atoms in total. The number of para-hydroxylation sites is 1. The summed E-state index contributed by atoms with van der Waals surface area (Å²) in [6.07, 6.45) is 0.425. The molecule has 0 spiro atoms. The Morgan fingerprint density at radius 3 is 2.09 bits per heavy atom. The number of carboxylic acid groups (broad SMARTS) is 1. The molecule has 77 heavy (non-hydrogen) atoms. The van der Waals surface area contributed by atoms with Crippen LogP contribution in [0.4, 0.5) is 0 Å². The molecule has 0 aliphatic carbocycles. The molecule has 3 aromatic heterocycles. The highest BCUT2D eigenvalue weighted by Gasteiger charge is 2.40. The van der Waals surface area contributed by atoms with Gasteiger partial charge < -0.3 is 43.0 Å². The molecule has 2 atom stereocenters. The maximum absolute atomic E-state index is 13.4. The van der Waals surface area contributed by atoms with Crippen LogP contribution in [0, 0.1) is 13.8 Å². The van der Waals surface area contributed by atoms with Crippen LogP contribution in [0.2, 0.25) is 10.0 Å². The predicted molar refractivity (Wildman–Crippen MR) is 299 cm³/mol. The molecule has 0 radical (unpaired) electrons. The second-order valence-electron chi connectivity index (χ2n) is 17.8. The lowest BCUT2D eigenvalue weighted by Gasteiger charge is -2.37. The highest BCUT2D eigenvalue weighted by molar-refractivity contribution is 9.11. The minimum Gasteiger partial charge on any atom is -0.497 e. The lowest BCUT2D eigenvalue weighted by molar-refractivity contribution is -0.145. The third kappa shape index (κ3) is 10.7. The van der Waals surface area contributed by atoms with Gasteiger partial charge in [-0.05, 0) is 124 Å². The molecule has 6 aromatic carbocycles. The molecule has 0 amide bonds. The van der Waals surface area contributed by atoms with Crippen LogP contribution in [0.15, 0.2) is 144 Å². The zero-order valence-electron chi connectivity index (χ0n) is 42.2. The number of hydrogen-bond donors (Lipinski definition) is 1. The monoisotopic (exact) mass is 1150 g/mol. The molecule has 392 valence electrons. The minimum atomic E-state index is -1.48. The molecular formula is C59H49BrCl2N4O10S. The SMILES string of the molecule is COc1ccc(C(OC[C@@H]2COc3ccc(OCc4ccnc(-c5ccccc5OC)n4)c(c3)C[C@H](C(=O)O)Oc3ncnc4sc(Br)c(c34)-c3c(C)c(Cl)c(c(Cl)c3C)O2)(c2ccccc2)c2ccc(OC)cc2)cc1. The Bertz CT molecular complexity index is 3530. The van der Waals surface area contributed by atoms with Crippen molar-refractivity contribution in [2.24, 2.45) is 0 Å². The van der Waals surface area contributed by atoms with Gasteiger partial charge in [-0.3, -0.25) is 0 Å². The van der Waals surface area contributed by atoms with Crippen molar-refractivity contribution < 1.29 is 47.8 Å². The van der Waals surface area contributed by atoms with Gasteiger partial charge in [-0.15, -0.1) is 11.3 Å². The molecule has 0 saturated heterocycles. The Labute approximate surface area is 466 Å². The van der Waals surface area contributed by atoms with E-state index in [1.54, 1.807) is 51.8 Å². The van der Waals surface area contributed by atoms with E-state index in [0.29, 0.717) is 87.6 Å². The molecular weight excluding hydrogens is 1110 g/mol. The van der Waals surface area contributed by atoms with Crippen LogP contribution in [0.3, 0.4) is 0 Å². The number of carboxylic acids is 1. The van der Waals surface area contributed by atoms with E-state index in [0.717, 1.165) is 16.7 Å². The average Bonchev–Trinajstić information content (AvgIpc) is 3.82. The summed E-state index contributed by atoms with van der Waals surface area (Å²) in [6.45, 7) is 3.55. The number of halogens is 3. The maximum Gasteiger partial charge on any atom is 0.345 e. The molecule has 2 aliphatic rings. The van der Waals surface area contributed by atoms with Crippen LogP contribution < -0.4 is 33.2 Å². The summed E-state index contributed by atoms with van der Waals surface area (Å²) in [5, 5.41) is 11.9. The van der Waals surface area contributed by atoms with Gasteiger partial charge in [0.2, 0.25) is 12.0 Å². The summed E-state index contributed by atoms with van der Waals surface area (Å²) >= 11 is 20.0. The fourth-order valence-electron chi connectivity index (χ4n) is 9.42. The normalized spacial score (nSPS) is 14.4. The molecule has 11 rings (SSSR count). The van der Waals surface area contributed by atoms with E-state index in [1.807, 2.05) is 117 Å². The predicted octanol–water partition coefficient (Wildman–Crippen LogP) is 13.3. The highest BCUT2D eigenvalue weighted by Crippen LogP contribution is 2.52. The van der Waals surface area contributed by atoms with Crippen LogP contribution in [0.5, 0.6) is 40.4 Å². The number of ether oxygens (including phenoxy) is 8. The first-order chi connectivity index (χ1) is 37.4. The number of methoxy groups -OCH3 is 3. The average molecular weight is 1160 g/mol. The third-order valence-corrected chi connectivity index (χ3v) is 15.9. The van der Waals surface area contributed by atoms with Crippen molar-refractivity contribution in [2.75, 3.05) is 34.5 Å². The van der Waals surface area contributed by atoms with Gasteiger partial charge in [0.1, 0.15) is 58.7 Å². The fourth-order valence-corrected chi connectivity index (χ4v) is 11.7. The largest absolute Gasteiger partial charge is 0.497 e. The number of benzene rings is 6. The molecule has 1 N–H and O–H groups in total. The molecule has 0 fully saturated rings. The van der Waals surface area contributed by atoms with Crippen LogP contribution in [-0.2, 0) is 28.2 Å². The summed E-state index contributed by atoms with van der Waals surface area (Å²) in [6, 6.07) is 39.7. The molecule has 5 heterocycles. The lowest BCUT2D eigenvalue weighted by Crippen LogP contribution is -2.39. The number of thiophene rings is 1. The van der Waals surface area contributed by atoms with Gasteiger partial charge in [0.15, 0.2) is 17.7 Å². The lowest BCUT2D eigenvalue weighted by atomic mass is 9.80. The Balaban J connectivity index is 1.10. The van der Waals surface area contributed by atoms with Gasteiger partial charge in [0.25, 0.3) is 0 Å². The summed E-state index contributed by atoms with van der Waals surface area (Å²) in [5.41, 5.74) is 5.47. The van der Waals surface area contributed by atoms with Crippen LogP contribution in [0.1, 0.15) is 39.1 Å². The van der Waals surface area contributed by atoms with Gasteiger partial charge >= 0.3 is 5.97 Å². The van der Waals surface area contributed by atoms with Gasteiger partial charge in [-0.2, -0.15) is 0 Å². The van der Waals surface area contributed by atoms with Crippen molar-refractivity contribution in [3.63, 3.8) is 0 Å². The molecule has 4 bridgehead atoms. The van der Waals surface area contributed by atoms with Gasteiger partial charge in [0, 0.05) is 23.7 Å². The van der Waals surface area contributed by atoms with Gasteiger partial charge in [-0.1, -0.05) is 89.9 Å². The van der Waals surface area contributed by atoms with Crippen molar-refractivity contribution in [3.05, 3.63) is 193 Å². The van der Waals surface area contributed by atoms with Gasteiger partial charge in [-0.25, -0.2) is 24.7 Å². The van der Waals surface area contributed by atoms with Crippen molar-refractivity contribution in [1.82, 2.24) is 19.9 Å². The second-order valence-corrected chi connectivity index (χ2v) is 20.9. The number of rotatable bonds is 14. The zero-order valence-corrected chi connectivity index (χ0v) is 46.1. The fraction of sp³-hybridized carbons (Fsp3) is 0.203. The standard InChI is InChI=1S/C59H49BrCl2N4O10S/c1-33-48-34(2)52(62)53(51(33)61)75-43(31-74-59(36-11-7-6-8-12-36,37-15-19-40(69-3)20-16-37)38-17-21-41(70-4)22-18-38)30-72-42-23-24-45(73-29-39-25-26-63-55(66-39)44-13-9-10-14-46(44)71-5)35(27-42)28-47(58(67)68)76-56-50-49(48)54(60)77-57(50)65-32-64-56/h6-27,32,43,47H,28-31H2,1-5H3,(H,67,68)/t43-,47+/m0/s1. The number of nitrogens with zero attached hydrogens (tertiary/aromatic N) is 4. The zero-order chi connectivity index (χ0) is 53.8. The van der Waals surface area contributed by atoms with E-state index >= 15 is 0 Å². The second kappa shape index (κ2) is 23.0. The first kappa shape index (κ1) is 52.9.